The molecule has 0 amide bonds. The Morgan fingerprint density at radius 3 is 2.69 bits per heavy atom. The van der Waals surface area contributed by atoms with Gasteiger partial charge in [0.05, 0.1) is 6.61 Å². The minimum absolute atomic E-state index is 0.616. The van der Waals surface area contributed by atoms with Crippen LogP contribution in [0.2, 0.25) is 0 Å². The summed E-state index contributed by atoms with van der Waals surface area (Å²) in [6.45, 7) is 6.07. The molecule has 0 aliphatic carbocycles. The molecule has 0 aliphatic heterocycles. The van der Waals surface area contributed by atoms with Crippen LogP contribution in [0.1, 0.15) is 19.7 Å². The lowest BCUT2D eigenvalue weighted by Crippen LogP contribution is -2.14. The number of anilines is 2. The largest absolute Gasteiger partial charge is 0.380 e. The molecular formula is C10H19N5O. The Balaban J connectivity index is 2.57. The van der Waals surface area contributed by atoms with Crippen molar-refractivity contribution in [2.24, 2.45) is 5.84 Å². The predicted molar refractivity (Wildman–Crippen MR) is 64.2 cm³/mol. The van der Waals surface area contributed by atoms with Crippen molar-refractivity contribution in [3.05, 3.63) is 11.9 Å². The van der Waals surface area contributed by atoms with Gasteiger partial charge in [-0.1, -0.05) is 6.92 Å². The molecule has 6 nitrogen and oxygen atoms in total. The number of ether oxygens (including phenoxy) is 1. The third kappa shape index (κ3) is 4.00. The molecule has 0 fully saturated rings. The van der Waals surface area contributed by atoms with E-state index in [1.165, 1.54) is 0 Å². The first-order valence-electron chi connectivity index (χ1n) is 5.46. The molecule has 1 rings (SSSR count). The highest BCUT2D eigenvalue weighted by molar-refractivity contribution is 5.46. The summed E-state index contributed by atoms with van der Waals surface area (Å²) in [5, 5.41) is 3.16. The molecular weight excluding hydrogens is 206 g/mol. The summed E-state index contributed by atoms with van der Waals surface area (Å²) in [6, 6.07) is 1.77. The van der Waals surface area contributed by atoms with Gasteiger partial charge in [0.25, 0.3) is 0 Å². The lowest BCUT2D eigenvalue weighted by Gasteiger charge is -2.08. The summed E-state index contributed by atoms with van der Waals surface area (Å²) >= 11 is 0. The SMILES string of the molecule is CCOCCNc1cc(NN)nc(CC)n1. The van der Waals surface area contributed by atoms with E-state index in [2.05, 4.69) is 20.7 Å². The second-order valence-electron chi connectivity index (χ2n) is 3.18. The molecule has 0 saturated heterocycles. The van der Waals surface area contributed by atoms with E-state index in [9.17, 15) is 0 Å². The second kappa shape index (κ2) is 6.97. The number of aromatic nitrogens is 2. The molecule has 16 heavy (non-hydrogen) atoms. The molecule has 1 heterocycles. The number of nitrogen functional groups attached to an aromatic ring is 1. The summed E-state index contributed by atoms with van der Waals surface area (Å²) < 4.78 is 5.22. The van der Waals surface area contributed by atoms with Crippen LogP contribution in [0.3, 0.4) is 0 Å². The Morgan fingerprint density at radius 2 is 2.06 bits per heavy atom. The monoisotopic (exact) mass is 225 g/mol. The van der Waals surface area contributed by atoms with Crippen LogP contribution >= 0.6 is 0 Å². The van der Waals surface area contributed by atoms with Crippen molar-refractivity contribution < 1.29 is 4.74 Å². The van der Waals surface area contributed by atoms with Crippen molar-refractivity contribution in [1.82, 2.24) is 9.97 Å². The molecule has 90 valence electrons. The highest BCUT2D eigenvalue weighted by atomic mass is 16.5. The average molecular weight is 225 g/mol. The van der Waals surface area contributed by atoms with Gasteiger partial charge in [-0.15, -0.1) is 0 Å². The topological polar surface area (TPSA) is 85.1 Å². The first-order chi connectivity index (χ1) is 7.80. The number of nitrogens with one attached hydrogen (secondary N) is 2. The molecule has 0 bridgehead atoms. The molecule has 6 heteroatoms. The smallest absolute Gasteiger partial charge is 0.145 e. The Bertz CT molecular complexity index is 296. The van der Waals surface area contributed by atoms with Gasteiger partial charge in [0.2, 0.25) is 0 Å². The fourth-order valence-electron chi connectivity index (χ4n) is 1.22. The standard InChI is InChI=1S/C10H19N5O/c1-3-8-13-9(7-10(14-8)15-11)12-5-6-16-4-2/h7H,3-6,11H2,1-2H3,(H2,12,13,14,15). The zero-order valence-corrected chi connectivity index (χ0v) is 9.79. The number of aryl methyl sites for hydroxylation is 1. The van der Waals surface area contributed by atoms with Crippen molar-refractivity contribution in [2.45, 2.75) is 20.3 Å². The van der Waals surface area contributed by atoms with Gasteiger partial charge in [0.15, 0.2) is 0 Å². The van der Waals surface area contributed by atoms with Crippen LogP contribution in [0.4, 0.5) is 11.6 Å². The van der Waals surface area contributed by atoms with E-state index < -0.39 is 0 Å². The van der Waals surface area contributed by atoms with Crippen LogP contribution in [-0.4, -0.2) is 29.7 Å². The van der Waals surface area contributed by atoms with E-state index in [0.29, 0.717) is 12.4 Å². The summed E-state index contributed by atoms with van der Waals surface area (Å²) in [7, 11) is 0. The summed E-state index contributed by atoms with van der Waals surface area (Å²) in [4.78, 5) is 8.52. The Morgan fingerprint density at radius 1 is 1.31 bits per heavy atom. The molecule has 1 aromatic rings. The molecule has 4 N–H and O–H groups in total. The second-order valence-corrected chi connectivity index (χ2v) is 3.18. The van der Waals surface area contributed by atoms with Crippen LogP contribution in [0.15, 0.2) is 6.07 Å². The fourth-order valence-corrected chi connectivity index (χ4v) is 1.22. The average Bonchev–Trinajstić information content (AvgIpc) is 2.34. The number of hydrogen-bond donors (Lipinski definition) is 3. The third-order valence-corrected chi connectivity index (χ3v) is 1.99. The first-order valence-corrected chi connectivity index (χ1v) is 5.46. The Kier molecular flexibility index (Phi) is 5.52. The predicted octanol–water partition coefficient (Wildman–Crippen LogP) is 0.773. The van der Waals surface area contributed by atoms with E-state index in [-0.39, 0.29) is 0 Å². The number of hydrazine groups is 1. The van der Waals surface area contributed by atoms with Crippen molar-refractivity contribution >= 4 is 11.6 Å². The van der Waals surface area contributed by atoms with Crippen LogP contribution in [0, 0.1) is 0 Å². The van der Waals surface area contributed by atoms with Crippen molar-refractivity contribution in [1.29, 1.82) is 0 Å². The summed E-state index contributed by atoms with van der Waals surface area (Å²) in [5.41, 5.74) is 2.52. The maximum Gasteiger partial charge on any atom is 0.145 e. The molecule has 0 aliphatic rings. The molecule has 0 spiro atoms. The summed E-state index contributed by atoms with van der Waals surface area (Å²) in [5.74, 6) is 7.46. The molecule has 0 unspecified atom stereocenters. The van der Waals surface area contributed by atoms with Crippen molar-refractivity contribution in [3.8, 4) is 0 Å². The molecule has 0 saturated carbocycles. The minimum Gasteiger partial charge on any atom is -0.380 e. The normalized spacial score (nSPS) is 10.2. The highest BCUT2D eigenvalue weighted by Gasteiger charge is 2.01. The third-order valence-electron chi connectivity index (χ3n) is 1.99. The highest BCUT2D eigenvalue weighted by Crippen LogP contribution is 2.10. The minimum atomic E-state index is 0.616. The van der Waals surface area contributed by atoms with Gasteiger partial charge < -0.3 is 15.5 Å². The summed E-state index contributed by atoms with van der Waals surface area (Å²) in [6.07, 6.45) is 0.773. The van der Waals surface area contributed by atoms with Crippen LogP contribution in [-0.2, 0) is 11.2 Å². The van der Waals surface area contributed by atoms with Gasteiger partial charge in [-0.2, -0.15) is 0 Å². The van der Waals surface area contributed by atoms with E-state index in [1.54, 1.807) is 6.07 Å². The molecule has 0 radical (unpaired) electrons. The maximum atomic E-state index is 5.33. The van der Waals surface area contributed by atoms with E-state index >= 15 is 0 Å². The lowest BCUT2D eigenvalue weighted by molar-refractivity contribution is 0.158. The lowest BCUT2D eigenvalue weighted by atomic mass is 10.4. The Hall–Kier alpha value is -1.40. The molecule has 0 aromatic carbocycles. The van der Waals surface area contributed by atoms with E-state index in [4.69, 9.17) is 10.6 Å². The van der Waals surface area contributed by atoms with Gasteiger partial charge in [-0.05, 0) is 6.92 Å². The van der Waals surface area contributed by atoms with Gasteiger partial charge >= 0.3 is 0 Å². The number of rotatable bonds is 7. The van der Waals surface area contributed by atoms with Gasteiger partial charge in [-0.25, -0.2) is 15.8 Å². The quantitative estimate of drug-likeness (QED) is 0.361. The van der Waals surface area contributed by atoms with Gasteiger partial charge in [-0.3, -0.25) is 0 Å². The molecule has 1 aromatic heterocycles. The van der Waals surface area contributed by atoms with Crippen molar-refractivity contribution in [3.63, 3.8) is 0 Å². The van der Waals surface area contributed by atoms with Gasteiger partial charge in [0.1, 0.15) is 17.5 Å². The van der Waals surface area contributed by atoms with E-state index in [0.717, 1.165) is 31.2 Å². The number of nitrogens with zero attached hydrogens (tertiary/aromatic N) is 2. The zero-order chi connectivity index (χ0) is 11.8. The van der Waals surface area contributed by atoms with Crippen LogP contribution in [0.5, 0.6) is 0 Å². The van der Waals surface area contributed by atoms with Crippen LogP contribution in [0.25, 0.3) is 0 Å². The zero-order valence-electron chi connectivity index (χ0n) is 9.79. The first kappa shape index (κ1) is 12.7. The molecule has 0 atom stereocenters. The van der Waals surface area contributed by atoms with Gasteiger partial charge in [0, 0.05) is 25.6 Å². The maximum absolute atomic E-state index is 5.33. The van der Waals surface area contributed by atoms with E-state index in [1.807, 2.05) is 13.8 Å². The van der Waals surface area contributed by atoms with Crippen molar-refractivity contribution in [2.75, 3.05) is 30.5 Å². The Labute approximate surface area is 95.6 Å². The fraction of sp³-hybridized carbons (Fsp3) is 0.600. The number of nitrogens with two attached hydrogens (primary N) is 1. The number of hydrogen-bond acceptors (Lipinski definition) is 6. The van der Waals surface area contributed by atoms with Crippen LogP contribution < -0.4 is 16.6 Å².